The molecule has 0 spiro atoms. The molecule has 208 valence electrons. The van der Waals surface area contributed by atoms with E-state index in [4.69, 9.17) is 4.74 Å². The molecule has 0 unspecified atom stereocenters. The summed E-state index contributed by atoms with van der Waals surface area (Å²) in [5, 5.41) is 27.5. The number of carbonyl (C=O) groups is 1. The number of carbonyl (C=O) groups excluding carboxylic acids is 1. The van der Waals surface area contributed by atoms with Crippen molar-refractivity contribution in [3.05, 3.63) is 86.0 Å². The van der Waals surface area contributed by atoms with Crippen molar-refractivity contribution in [3.8, 4) is 5.75 Å². The zero-order valence-electron chi connectivity index (χ0n) is 20.7. The molecule has 0 bridgehead atoms. The lowest BCUT2D eigenvalue weighted by molar-refractivity contribution is -0.385. The predicted molar refractivity (Wildman–Crippen MR) is 139 cm³/mol. The number of benzene rings is 1. The van der Waals surface area contributed by atoms with Crippen molar-refractivity contribution >= 4 is 35.0 Å². The molecule has 4 heterocycles. The molecule has 0 aliphatic carbocycles. The van der Waals surface area contributed by atoms with Gasteiger partial charge in [0.05, 0.1) is 30.8 Å². The third-order valence-electron chi connectivity index (χ3n) is 6.16. The van der Waals surface area contributed by atoms with Gasteiger partial charge >= 0.3 is 11.9 Å². The van der Waals surface area contributed by atoms with Gasteiger partial charge in [0.2, 0.25) is 0 Å². The highest BCUT2D eigenvalue weighted by atomic mass is 32.1. The molecule has 12 nitrogen and oxygen atoms in total. The average Bonchev–Trinajstić information content (AvgIpc) is 3.68. The number of amides is 1. The zero-order valence-corrected chi connectivity index (χ0v) is 21.5. The van der Waals surface area contributed by atoms with E-state index in [1.807, 2.05) is 0 Å². The number of anilines is 1. The van der Waals surface area contributed by atoms with E-state index in [2.05, 4.69) is 26.0 Å². The minimum absolute atomic E-state index is 0.0831. The number of nitrogens with zero attached hydrogens (tertiary/aromatic N) is 6. The molecule has 0 radical (unpaired) electrons. The van der Waals surface area contributed by atoms with E-state index in [1.54, 1.807) is 35.7 Å². The quantitative estimate of drug-likeness (QED) is 0.179. The molecule has 1 aromatic carbocycles. The predicted octanol–water partition coefficient (Wildman–Crippen LogP) is 4.53. The van der Waals surface area contributed by atoms with Gasteiger partial charge in [-0.1, -0.05) is 6.07 Å². The number of nitrogens with one attached hydrogen (secondary N) is 2. The number of aromatic nitrogens is 4. The van der Waals surface area contributed by atoms with Crippen molar-refractivity contribution in [2.45, 2.75) is 31.2 Å². The van der Waals surface area contributed by atoms with Crippen molar-refractivity contribution in [2.75, 3.05) is 12.4 Å². The number of halogens is 3. The summed E-state index contributed by atoms with van der Waals surface area (Å²) in [7, 11) is 1.48. The molecule has 40 heavy (non-hydrogen) atoms. The van der Waals surface area contributed by atoms with E-state index in [0.29, 0.717) is 16.9 Å². The van der Waals surface area contributed by atoms with Crippen molar-refractivity contribution in [3.63, 3.8) is 0 Å². The summed E-state index contributed by atoms with van der Waals surface area (Å²) in [4.78, 5) is 23.8. The Kier molecular flexibility index (Phi) is 7.25. The van der Waals surface area contributed by atoms with E-state index >= 15 is 0 Å². The SMILES string of the molecule is COc1ccc(/C=N\NC(=O)c2cc3n(n2)[C@@H](C(F)(F)F)C[C@@H](c2cccs2)N3)cc1Cn1cc([N+](=O)[O-])cn1. The Morgan fingerprint density at radius 1 is 1.38 bits per heavy atom. The first-order chi connectivity index (χ1) is 19.1. The Balaban J connectivity index is 1.30. The van der Waals surface area contributed by atoms with Crippen LogP contribution in [0.25, 0.3) is 0 Å². The molecule has 0 saturated heterocycles. The molecule has 1 aliphatic rings. The summed E-state index contributed by atoms with van der Waals surface area (Å²) >= 11 is 1.35. The number of ether oxygens (including phenoxy) is 1. The van der Waals surface area contributed by atoms with Gasteiger partial charge in [-0.05, 0) is 35.2 Å². The van der Waals surface area contributed by atoms with Crippen LogP contribution in [-0.2, 0) is 6.54 Å². The number of thiophene rings is 1. The van der Waals surface area contributed by atoms with Crippen LogP contribution in [0, 0.1) is 10.1 Å². The second-order valence-electron chi connectivity index (χ2n) is 8.79. The van der Waals surface area contributed by atoms with Crippen molar-refractivity contribution in [2.24, 2.45) is 5.10 Å². The minimum Gasteiger partial charge on any atom is -0.496 e. The van der Waals surface area contributed by atoms with Gasteiger partial charge in [-0.2, -0.15) is 28.5 Å². The van der Waals surface area contributed by atoms with Gasteiger partial charge in [0.25, 0.3) is 5.91 Å². The number of alkyl halides is 3. The van der Waals surface area contributed by atoms with E-state index < -0.39 is 29.1 Å². The van der Waals surface area contributed by atoms with E-state index in [1.165, 1.54) is 41.6 Å². The van der Waals surface area contributed by atoms with Crippen LogP contribution in [0.5, 0.6) is 5.75 Å². The summed E-state index contributed by atoms with van der Waals surface area (Å²) in [6.45, 7) is 0.172. The number of rotatable bonds is 8. The van der Waals surface area contributed by atoms with Crippen LogP contribution in [0.1, 0.15) is 45.0 Å². The highest BCUT2D eigenvalue weighted by Gasteiger charge is 2.47. The van der Waals surface area contributed by atoms with Gasteiger partial charge in [-0.15, -0.1) is 11.3 Å². The smallest absolute Gasteiger partial charge is 0.410 e. The molecular weight excluding hydrogens is 553 g/mol. The van der Waals surface area contributed by atoms with Crippen LogP contribution in [-0.4, -0.2) is 49.9 Å². The Hall–Kier alpha value is -4.73. The highest BCUT2D eigenvalue weighted by Crippen LogP contribution is 2.44. The fourth-order valence-electron chi connectivity index (χ4n) is 4.29. The fourth-order valence-corrected chi connectivity index (χ4v) is 5.08. The van der Waals surface area contributed by atoms with Gasteiger partial charge in [0.1, 0.15) is 24.0 Å². The Bertz CT molecular complexity index is 1560. The third-order valence-corrected chi connectivity index (χ3v) is 7.14. The van der Waals surface area contributed by atoms with Crippen LogP contribution in [0.4, 0.5) is 24.7 Å². The highest BCUT2D eigenvalue weighted by molar-refractivity contribution is 7.10. The van der Waals surface area contributed by atoms with Crippen LogP contribution in [0.3, 0.4) is 0 Å². The van der Waals surface area contributed by atoms with Crippen molar-refractivity contribution in [1.29, 1.82) is 0 Å². The summed E-state index contributed by atoms with van der Waals surface area (Å²) in [5.41, 5.74) is 3.10. The molecular formula is C24H21F3N8O4S. The number of nitro groups is 1. The molecule has 3 aromatic heterocycles. The van der Waals surface area contributed by atoms with Gasteiger partial charge in [-0.3, -0.25) is 19.6 Å². The lowest BCUT2D eigenvalue weighted by Gasteiger charge is -2.32. The van der Waals surface area contributed by atoms with Gasteiger partial charge in [0, 0.05) is 22.9 Å². The maximum absolute atomic E-state index is 13.8. The molecule has 1 amide bonds. The number of fused-ring (bicyclic) bond motifs is 1. The molecule has 0 fully saturated rings. The first-order valence-electron chi connectivity index (χ1n) is 11.8. The Morgan fingerprint density at radius 3 is 2.88 bits per heavy atom. The van der Waals surface area contributed by atoms with Gasteiger partial charge in [0.15, 0.2) is 11.7 Å². The fraction of sp³-hybridized carbons (Fsp3) is 0.250. The van der Waals surface area contributed by atoms with Crippen LogP contribution in [0.15, 0.2) is 59.3 Å². The Morgan fingerprint density at radius 2 is 2.20 bits per heavy atom. The Labute approximate surface area is 228 Å². The number of hydrogen-bond donors (Lipinski definition) is 2. The average molecular weight is 575 g/mol. The number of hydrogen-bond acceptors (Lipinski definition) is 9. The summed E-state index contributed by atoms with van der Waals surface area (Å²) < 4.78 is 49.0. The molecule has 4 aromatic rings. The maximum Gasteiger partial charge on any atom is 0.410 e. The lowest BCUT2D eigenvalue weighted by atomic mass is 10.0. The minimum atomic E-state index is -4.56. The first-order valence-corrected chi connectivity index (χ1v) is 12.6. The summed E-state index contributed by atoms with van der Waals surface area (Å²) in [5.74, 6) is -0.193. The first kappa shape index (κ1) is 26.9. The van der Waals surface area contributed by atoms with E-state index in [9.17, 15) is 28.1 Å². The molecule has 1 aliphatic heterocycles. The van der Waals surface area contributed by atoms with Crippen molar-refractivity contribution in [1.82, 2.24) is 25.0 Å². The topological polar surface area (TPSA) is 142 Å². The maximum atomic E-state index is 13.8. The lowest BCUT2D eigenvalue weighted by Crippen LogP contribution is -2.35. The summed E-state index contributed by atoms with van der Waals surface area (Å²) in [6.07, 6.45) is -1.06. The molecule has 16 heteroatoms. The van der Waals surface area contributed by atoms with Crippen LogP contribution in [0.2, 0.25) is 0 Å². The largest absolute Gasteiger partial charge is 0.496 e. The zero-order chi connectivity index (χ0) is 28.4. The monoisotopic (exact) mass is 574 g/mol. The second kappa shape index (κ2) is 10.8. The molecule has 5 rings (SSSR count). The summed E-state index contributed by atoms with van der Waals surface area (Å²) in [6, 6.07) is 7.35. The van der Waals surface area contributed by atoms with Crippen LogP contribution >= 0.6 is 11.3 Å². The van der Waals surface area contributed by atoms with Crippen molar-refractivity contribution < 1.29 is 27.6 Å². The van der Waals surface area contributed by atoms with Gasteiger partial charge < -0.3 is 10.1 Å². The third kappa shape index (κ3) is 5.66. The number of hydrazone groups is 1. The molecule has 2 atom stereocenters. The standard InChI is InChI=1S/C24H21F3N8O4S/c1-39-19-5-4-14(7-15(19)12-33-13-16(11-29-33)35(37)38)10-28-31-23(36)18-9-22-30-17(20-3-2-6-40-20)8-21(24(25,26)27)34(22)32-18/h2-7,9-11,13,17,21,30H,8,12H2,1H3,(H,31,36)/b28-10-/t17-,21+/m0/s1. The molecule has 2 N–H and O–H groups in total. The number of methoxy groups -OCH3 is 1. The second-order valence-corrected chi connectivity index (χ2v) is 9.77. The van der Waals surface area contributed by atoms with Crippen LogP contribution < -0.4 is 15.5 Å². The van der Waals surface area contributed by atoms with E-state index in [-0.39, 0.29) is 30.2 Å². The van der Waals surface area contributed by atoms with Gasteiger partial charge in [-0.25, -0.2) is 10.1 Å². The normalized spacial score (nSPS) is 16.9. The van der Waals surface area contributed by atoms with E-state index in [0.717, 1.165) is 15.8 Å². The molecule has 0 saturated carbocycles.